The second-order valence-corrected chi connectivity index (χ2v) is 4.00. The molecule has 4 nitrogen and oxygen atoms in total. The van der Waals surface area contributed by atoms with E-state index in [1.54, 1.807) is 18.6 Å². The van der Waals surface area contributed by atoms with Gasteiger partial charge in [-0.25, -0.2) is 15.0 Å². The molecule has 2 heterocycles. The lowest BCUT2D eigenvalue weighted by Gasteiger charge is -2.07. The zero-order valence-corrected chi connectivity index (χ0v) is 9.32. The van der Waals surface area contributed by atoms with Crippen LogP contribution in [0.2, 0.25) is 0 Å². The zero-order chi connectivity index (χ0) is 10.8. The maximum Gasteiger partial charge on any atom is 0.179 e. The average molecular weight is 221 g/mol. The SMILES string of the molecule is Cc1nc(-c2cscn2)ncc1[C@@H](C)O. The largest absolute Gasteiger partial charge is 0.389 e. The Bertz CT molecular complexity index is 454. The van der Waals surface area contributed by atoms with Crippen LogP contribution in [0, 0.1) is 6.92 Å². The summed E-state index contributed by atoms with van der Waals surface area (Å²) in [7, 11) is 0. The predicted molar refractivity (Wildman–Crippen MR) is 58.5 cm³/mol. The van der Waals surface area contributed by atoms with Crippen molar-refractivity contribution in [1.29, 1.82) is 0 Å². The highest BCUT2D eigenvalue weighted by Crippen LogP contribution is 2.19. The number of aryl methyl sites for hydroxylation is 1. The Labute approximate surface area is 91.7 Å². The molecule has 0 radical (unpaired) electrons. The van der Waals surface area contributed by atoms with Gasteiger partial charge in [-0.3, -0.25) is 0 Å². The molecule has 5 heteroatoms. The first-order valence-corrected chi connectivity index (χ1v) is 5.53. The maximum absolute atomic E-state index is 9.43. The molecule has 2 aromatic heterocycles. The molecule has 0 aliphatic heterocycles. The first-order valence-electron chi connectivity index (χ1n) is 4.58. The highest BCUT2D eigenvalue weighted by atomic mass is 32.1. The van der Waals surface area contributed by atoms with Gasteiger partial charge in [0, 0.05) is 22.8 Å². The summed E-state index contributed by atoms with van der Waals surface area (Å²) in [6.07, 6.45) is 1.12. The van der Waals surface area contributed by atoms with E-state index in [9.17, 15) is 5.11 Å². The van der Waals surface area contributed by atoms with E-state index in [0.717, 1.165) is 17.0 Å². The summed E-state index contributed by atoms with van der Waals surface area (Å²) in [6.45, 7) is 3.56. The quantitative estimate of drug-likeness (QED) is 0.842. The van der Waals surface area contributed by atoms with Crippen molar-refractivity contribution in [3.63, 3.8) is 0 Å². The molecule has 78 valence electrons. The molecule has 0 saturated carbocycles. The molecule has 0 fully saturated rings. The van der Waals surface area contributed by atoms with Crippen molar-refractivity contribution in [3.8, 4) is 11.5 Å². The summed E-state index contributed by atoms with van der Waals surface area (Å²) < 4.78 is 0. The number of nitrogens with zero attached hydrogens (tertiary/aromatic N) is 3. The van der Waals surface area contributed by atoms with Crippen LogP contribution in [0.5, 0.6) is 0 Å². The van der Waals surface area contributed by atoms with Gasteiger partial charge in [0.05, 0.1) is 11.6 Å². The van der Waals surface area contributed by atoms with Crippen LogP contribution < -0.4 is 0 Å². The first-order chi connectivity index (χ1) is 7.18. The topological polar surface area (TPSA) is 58.9 Å². The van der Waals surface area contributed by atoms with E-state index in [4.69, 9.17) is 0 Å². The molecule has 0 amide bonds. The fraction of sp³-hybridized carbons (Fsp3) is 0.300. The zero-order valence-electron chi connectivity index (χ0n) is 8.51. The lowest BCUT2D eigenvalue weighted by molar-refractivity contribution is 0.197. The molecule has 1 N–H and O–H groups in total. The highest BCUT2D eigenvalue weighted by Gasteiger charge is 2.09. The van der Waals surface area contributed by atoms with Gasteiger partial charge in [0.15, 0.2) is 5.82 Å². The molecule has 0 bridgehead atoms. The summed E-state index contributed by atoms with van der Waals surface area (Å²) in [5.74, 6) is 0.609. The van der Waals surface area contributed by atoms with Gasteiger partial charge >= 0.3 is 0 Å². The van der Waals surface area contributed by atoms with Crippen molar-refractivity contribution in [2.24, 2.45) is 0 Å². The molecular formula is C10H11N3OS. The minimum atomic E-state index is -0.533. The Morgan fingerprint density at radius 1 is 1.40 bits per heavy atom. The van der Waals surface area contributed by atoms with Gasteiger partial charge in [0.1, 0.15) is 5.69 Å². The van der Waals surface area contributed by atoms with Crippen molar-refractivity contribution in [2.45, 2.75) is 20.0 Å². The minimum absolute atomic E-state index is 0.533. The number of aliphatic hydroxyl groups excluding tert-OH is 1. The summed E-state index contributed by atoms with van der Waals surface area (Å²) in [4.78, 5) is 12.6. The van der Waals surface area contributed by atoms with E-state index in [1.165, 1.54) is 11.3 Å². The van der Waals surface area contributed by atoms with Gasteiger partial charge in [-0.15, -0.1) is 11.3 Å². The number of hydrogen-bond acceptors (Lipinski definition) is 5. The Morgan fingerprint density at radius 3 is 2.73 bits per heavy atom. The molecule has 0 aliphatic rings. The summed E-state index contributed by atoms with van der Waals surface area (Å²) in [5.41, 5.74) is 4.08. The van der Waals surface area contributed by atoms with Gasteiger partial charge < -0.3 is 5.11 Å². The van der Waals surface area contributed by atoms with Crippen LogP contribution >= 0.6 is 11.3 Å². The Hall–Kier alpha value is -1.33. The van der Waals surface area contributed by atoms with Crippen LogP contribution in [0.4, 0.5) is 0 Å². The third-order valence-electron chi connectivity index (χ3n) is 2.13. The van der Waals surface area contributed by atoms with E-state index in [2.05, 4.69) is 15.0 Å². The molecule has 0 unspecified atom stereocenters. The fourth-order valence-electron chi connectivity index (χ4n) is 1.33. The monoisotopic (exact) mass is 221 g/mol. The molecule has 15 heavy (non-hydrogen) atoms. The van der Waals surface area contributed by atoms with Gasteiger partial charge in [0.25, 0.3) is 0 Å². The minimum Gasteiger partial charge on any atom is -0.389 e. The molecule has 0 spiro atoms. The number of rotatable bonds is 2. The lowest BCUT2D eigenvalue weighted by atomic mass is 10.1. The first kappa shape index (κ1) is 10.2. The van der Waals surface area contributed by atoms with Crippen LogP contribution in [-0.4, -0.2) is 20.1 Å². The highest BCUT2D eigenvalue weighted by molar-refractivity contribution is 7.07. The van der Waals surface area contributed by atoms with Crippen molar-refractivity contribution < 1.29 is 5.11 Å². The molecular weight excluding hydrogens is 210 g/mol. The third-order valence-corrected chi connectivity index (χ3v) is 2.72. The summed E-state index contributed by atoms with van der Waals surface area (Å²) in [5, 5.41) is 11.3. The summed E-state index contributed by atoms with van der Waals surface area (Å²) in [6, 6.07) is 0. The Morgan fingerprint density at radius 2 is 2.20 bits per heavy atom. The van der Waals surface area contributed by atoms with E-state index < -0.39 is 6.10 Å². The second kappa shape index (κ2) is 4.04. The molecule has 1 atom stereocenters. The standard InChI is InChI=1S/C10H11N3OS/c1-6-8(7(2)14)3-11-10(13-6)9-4-15-5-12-9/h3-5,7,14H,1-2H3/t7-/m1/s1. The van der Waals surface area contributed by atoms with Gasteiger partial charge in [-0.1, -0.05) is 0 Å². The molecule has 2 rings (SSSR count). The van der Waals surface area contributed by atoms with Crippen molar-refractivity contribution in [3.05, 3.63) is 28.3 Å². The second-order valence-electron chi connectivity index (χ2n) is 3.28. The van der Waals surface area contributed by atoms with E-state index in [-0.39, 0.29) is 0 Å². The predicted octanol–water partition coefficient (Wildman–Crippen LogP) is 1.96. The van der Waals surface area contributed by atoms with E-state index in [0.29, 0.717) is 5.82 Å². The van der Waals surface area contributed by atoms with Crippen LogP contribution in [0.1, 0.15) is 24.3 Å². The third kappa shape index (κ3) is 2.03. The number of thiazole rings is 1. The van der Waals surface area contributed by atoms with Crippen LogP contribution in [-0.2, 0) is 0 Å². The lowest BCUT2D eigenvalue weighted by Crippen LogP contribution is -2.01. The van der Waals surface area contributed by atoms with Gasteiger partial charge in [-0.2, -0.15) is 0 Å². The average Bonchev–Trinajstić information content (AvgIpc) is 2.69. The Balaban J connectivity index is 2.42. The normalized spacial score (nSPS) is 12.7. The molecule has 0 aliphatic carbocycles. The van der Waals surface area contributed by atoms with Crippen LogP contribution in [0.15, 0.2) is 17.1 Å². The maximum atomic E-state index is 9.43. The Kier molecular flexibility index (Phi) is 2.75. The number of hydrogen-bond donors (Lipinski definition) is 1. The van der Waals surface area contributed by atoms with Crippen molar-refractivity contribution >= 4 is 11.3 Å². The molecule has 0 saturated heterocycles. The smallest absolute Gasteiger partial charge is 0.179 e. The number of aromatic nitrogens is 3. The molecule has 0 aromatic carbocycles. The van der Waals surface area contributed by atoms with Crippen LogP contribution in [0.3, 0.4) is 0 Å². The number of aliphatic hydroxyl groups is 1. The van der Waals surface area contributed by atoms with E-state index >= 15 is 0 Å². The van der Waals surface area contributed by atoms with Crippen LogP contribution in [0.25, 0.3) is 11.5 Å². The van der Waals surface area contributed by atoms with Gasteiger partial charge in [-0.05, 0) is 13.8 Å². The van der Waals surface area contributed by atoms with Gasteiger partial charge in [0.2, 0.25) is 0 Å². The summed E-state index contributed by atoms with van der Waals surface area (Å²) >= 11 is 1.51. The van der Waals surface area contributed by atoms with Crippen molar-refractivity contribution in [1.82, 2.24) is 15.0 Å². The van der Waals surface area contributed by atoms with Crippen molar-refractivity contribution in [2.75, 3.05) is 0 Å². The molecule has 2 aromatic rings. The fourth-order valence-corrected chi connectivity index (χ4v) is 1.86. The van der Waals surface area contributed by atoms with E-state index in [1.807, 2.05) is 12.3 Å².